The van der Waals surface area contributed by atoms with Crippen molar-refractivity contribution in [3.05, 3.63) is 29.8 Å². The van der Waals surface area contributed by atoms with Gasteiger partial charge in [-0.3, -0.25) is 0 Å². The van der Waals surface area contributed by atoms with Crippen LogP contribution < -0.4 is 4.90 Å². The topological polar surface area (TPSA) is 45.5 Å². The van der Waals surface area contributed by atoms with Crippen LogP contribution in [0.15, 0.2) is 24.3 Å². The highest BCUT2D eigenvalue weighted by atomic mass is 16.5. The minimum absolute atomic E-state index is 0.170. The van der Waals surface area contributed by atoms with E-state index in [2.05, 4.69) is 11.0 Å². The van der Waals surface area contributed by atoms with Crippen molar-refractivity contribution in [2.45, 2.75) is 44.8 Å². The molecule has 0 amide bonds. The molecule has 0 spiro atoms. The summed E-state index contributed by atoms with van der Waals surface area (Å²) in [6.45, 7) is 2.67. The molecule has 4 nitrogen and oxygen atoms in total. The van der Waals surface area contributed by atoms with Gasteiger partial charge >= 0.3 is 0 Å². The Labute approximate surface area is 133 Å². The van der Waals surface area contributed by atoms with Crippen LogP contribution in [0.1, 0.15) is 44.1 Å². The normalized spacial score (nSPS) is 18.2. The second-order valence-corrected chi connectivity index (χ2v) is 5.73. The van der Waals surface area contributed by atoms with Gasteiger partial charge in [0, 0.05) is 32.6 Å². The lowest BCUT2D eigenvalue weighted by Gasteiger charge is -2.37. The minimum atomic E-state index is 0.170. The van der Waals surface area contributed by atoms with Gasteiger partial charge < -0.3 is 14.4 Å². The van der Waals surface area contributed by atoms with Crippen molar-refractivity contribution in [3.8, 4) is 6.07 Å². The molecule has 1 heterocycles. The molecule has 0 radical (unpaired) electrons. The number of unbranched alkanes of at least 4 members (excludes halogenated alkanes) is 2. The van der Waals surface area contributed by atoms with Gasteiger partial charge in [-0.05, 0) is 62.8 Å². The van der Waals surface area contributed by atoms with Gasteiger partial charge in [0.15, 0.2) is 0 Å². The first kappa shape index (κ1) is 16.8. The molecule has 0 N–H and O–H groups in total. The molecule has 1 aliphatic rings. The summed E-state index contributed by atoms with van der Waals surface area (Å²) in [4.78, 5) is 2.33. The SMILES string of the molecule is COCCCCCOC1CCCCN1c1ccc(C#N)cc1. The van der Waals surface area contributed by atoms with Gasteiger partial charge in [-0.15, -0.1) is 0 Å². The third kappa shape index (κ3) is 5.01. The number of ether oxygens (including phenoxy) is 2. The van der Waals surface area contributed by atoms with Crippen LogP contribution in [0, 0.1) is 11.3 Å². The van der Waals surface area contributed by atoms with Gasteiger partial charge in [0.05, 0.1) is 11.6 Å². The Hall–Kier alpha value is -1.57. The van der Waals surface area contributed by atoms with Gasteiger partial charge in [-0.25, -0.2) is 0 Å². The predicted molar refractivity (Wildman–Crippen MR) is 87.8 cm³/mol. The standard InChI is InChI=1S/C18H26N2O2/c1-21-13-5-2-6-14-22-18-7-3-4-12-20(18)17-10-8-16(15-19)9-11-17/h8-11,18H,2-7,12-14H2,1H3. The number of nitrogens with zero attached hydrogens (tertiary/aromatic N) is 2. The van der Waals surface area contributed by atoms with Gasteiger partial charge in [-0.2, -0.15) is 5.26 Å². The Bertz CT molecular complexity index is 467. The maximum atomic E-state index is 8.90. The maximum absolute atomic E-state index is 8.90. The maximum Gasteiger partial charge on any atom is 0.130 e. The van der Waals surface area contributed by atoms with Crippen molar-refractivity contribution in [2.75, 3.05) is 31.8 Å². The van der Waals surface area contributed by atoms with E-state index in [0.29, 0.717) is 5.56 Å². The number of hydrogen-bond acceptors (Lipinski definition) is 4. The highest BCUT2D eigenvalue weighted by Gasteiger charge is 2.23. The second kappa shape index (κ2) is 9.45. The molecule has 1 fully saturated rings. The summed E-state index contributed by atoms with van der Waals surface area (Å²) in [6.07, 6.45) is 7.01. The number of nitriles is 1. The summed E-state index contributed by atoms with van der Waals surface area (Å²) in [5, 5.41) is 8.90. The third-order valence-corrected chi connectivity index (χ3v) is 4.08. The number of hydrogen-bond donors (Lipinski definition) is 0. The lowest BCUT2D eigenvalue weighted by molar-refractivity contribution is 0.0317. The van der Waals surface area contributed by atoms with E-state index < -0.39 is 0 Å². The molecule has 0 aromatic heterocycles. The van der Waals surface area contributed by atoms with Crippen molar-refractivity contribution in [3.63, 3.8) is 0 Å². The van der Waals surface area contributed by atoms with Crippen LogP contribution in [0.2, 0.25) is 0 Å². The fraction of sp³-hybridized carbons (Fsp3) is 0.611. The van der Waals surface area contributed by atoms with Crippen LogP contribution >= 0.6 is 0 Å². The van der Waals surface area contributed by atoms with Crippen molar-refractivity contribution in [2.24, 2.45) is 0 Å². The highest BCUT2D eigenvalue weighted by Crippen LogP contribution is 2.26. The number of rotatable bonds is 8. The van der Waals surface area contributed by atoms with Gasteiger partial charge in [0.1, 0.15) is 6.23 Å². The predicted octanol–water partition coefficient (Wildman–Crippen LogP) is 3.71. The Morgan fingerprint density at radius 1 is 1.14 bits per heavy atom. The molecule has 0 bridgehead atoms. The second-order valence-electron chi connectivity index (χ2n) is 5.73. The van der Waals surface area contributed by atoms with E-state index in [1.807, 2.05) is 24.3 Å². The largest absolute Gasteiger partial charge is 0.385 e. The zero-order valence-corrected chi connectivity index (χ0v) is 13.5. The lowest BCUT2D eigenvalue weighted by Crippen LogP contribution is -2.41. The van der Waals surface area contributed by atoms with Crippen molar-refractivity contribution >= 4 is 5.69 Å². The summed E-state index contributed by atoms with van der Waals surface area (Å²) in [7, 11) is 1.74. The molecular formula is C18H26N2O2. The molecule has 1 aliphatic heterocycles. The third-order valence-electron chi connectivity index (χ3n) is 4.08. The van der Waals surface area contributed by atoms with E-state index in [9.17, 15) is 0 Å². The monoisotopic (exact) mass is 302 g/mol. The molecule has 2 rings (SSSR count). The Morgan fingerprint density at radius 3 is 2.64 bits per heavy atom. The number of benzene rings is 1. The molecule has 1 saturated heterocycles. The number of anilines is 1. The summed E-state index contributed by atoms with van der Waals surface area (Å²) >= 11 is 0. The summed E-state index contributed by atoms with van der Waals surface area (Å²) < 4.78 is 11.2. The summed E-state index contributed by atoms with van der Waals surface area (Å²) in [5.41, 5.74) is 1.86. The van der Waals surface area contributed by atoms with Crippen molar-refractivity contribution in [1.29, 1.82) is 5.26 Å². The van der Waals surface area contributed by atoms with Crippen molar-refractivity contribution in [1.82, 2.24) is 0 Å². The van der Waals surface area contributed by atoms with E-state index in [1.165, 1.54) is 12.8 Å². The lowest BCUT2D eigenvalue weighted by atomic mass is 10.1. The molecule has 120 valence electrons. The van der Waals surface area contributed by atoms with Gasteiger partial charge in [0.25, 0.3) is 0 Å². The zero-order valence-electron chi connectivity index (χ0n) is 13.5. The average molecular weight is 302 g/mol. The first-order valence-corrected chi connectivity index (χ1v) is 8.22. The molecular weight excluding hydrogens is 276 g/mol. The summed E-state index contributed by atoms with van der Waals surface area (Å²) in [5.74, 6) is 0. The van der Waals surface area contributed by atoms with Crippen LogP contribution in [0.25, 0.3) is 0 Å². The molecule has 0 aliphatic carbocycles. The van der Waals surface area contributed by atoms with E-state index in [1.54, 1.807) is 7.11 Å². The van der Waals surface area contributed by atoms with E-state index in [4.69, 9.17) is 14.7 Å². The molecule has 4 heteroatoms. The fourth-order valence-electron chi connectivity index (χ4n) is 2.84. The van der Waals surface area contributed by atoms with E-state index in [0.717, 1.165) is 51.1 Å². The molecule has 1 aromatic rings. The van der Waals surface area contributed by atoms with Gasteiger partial charge in [0.2, 0.25) is 0 Å². The van der Waals surface area contributed by atoms with E-state index >= 15 is 0 Å². The number of piperidine rings is 1. The van der Waals surface area contributed by atoms with Crippen molar-refractivity contribution < 1.29 is 9.47 Å². The van der Waals surface area contributed by atoms with Crippen LogP contribution in [-0.4, -0.2) is 33.1 Å². The first-order valence-electron chi connectivity index (χ1n) is 8.22. The Kier molecular flexibility index (Phi) is 7.21. The molecule has 22 heavy (non-hydrogen) atoms. The molecule has 1 unspecified atom stereocenters. The molecule has 0 saturated carbocycles. The molecule has 1 aromatic carbocycles. The van der Waals surface area contributed by atoms with Crippen LogP contribution in [0.3, 0.4) is 0 Å². The molecule has 1 atom stereocenters. The van der Waals surface area contributed by atoms with E-state index in [-0.39, 0.29) is 6.23 Å². The minimum Gasteiger partial charge on any atom is -0.385 e. The highest BCUT2D eigenvalue weighted by molar-refractivity contribution is 5.50. The Morgan fingerprint density at radius 2 is 1.91 bits per heavy atom. The number of methoxy groups -OCH3 is 1. The smallest absolute Gasteiger partial charge is 0.130 e. The fourth-order valence-corrected chi connectivity index (χ4v) is 2.84. The first-order chi connectivity index (χ1) is 10.8. The van der Waals surface area contributed by atoms with Crippen LogP contribution in [0.4, 0.5) is 5.69 Å². The quantitative estimate of drug-likeness (QED) is 0.687. The van der Waals surface area contributed by atoms with Crippen LogP contribution in [-0.2, 0) is 9.47 Å². The van der Waals surface area contributed by atoms with Crippen LogP contribution in [0.5, 0.6) is 0 Å². The van der Waals surface area contributed by atoms with Gasteiger partial charge in [-0.1, -0.05) is 0 Å². The summed E-state index contributed by atoms with van der Waals surface area (Å²) in [6, 6.07) is 9.98. The Balaban J connectivity index is 1.83. The average Bonchev–Trinajstić information content (AvgIpc) is 2.58. The zero-order chi connectivity index (χ0) is 15.6.